The quantitative estimate of drug-likeness (QED) is 0.536. The predicted molar refractivity (Wildman–Crippen MR) is 83.4 cm³/mol. The summed E-state index contributed by atoms with van der Waals surface area (Å²) < 4.78 is 1.79. The first-order valence-electron chi connectivity index (χ1n) is 6.71. The Morgan fingerprint density at radius 3 is 2.33 bits per heavy atom. The number of imidazole rings is 1. The Kier molecular flexibility index (Phi) is 3.74. The Labute approximate surface area is 123 Å². The molecule has 21 heavy (non-hydrogen) atoms. The fraction of sp³-hybridized carbons (Fsp3) is 0. The fourth-order valence-electron chi connectivity index (χ4n) is 2.09. The van der Waals surface area contributed by atoms with Gasteiger partial charge in [0.1, 0.15) is 0 Å². The van der Waals surface area contributed by atoms with Crippen LogP contribution in [0.1, 0.15) is 16.2 Å². The standard InChI is InChI=1S/C18H14N2O/c21-17(12-11-15-7-3-1-4-8-15)18-19-13-14-20(18)16-9-5-2-6-10-16/h1-14H/b12-11+. The van der Waals surface area contributed by atoms with Crippen molar-refractivity contribution < 1.29 is 4.79 Å². The molecule has 0 fully saturated rings. The third-order valence-corrected chi connectivity index (χ3v) is 3.12. The molecule has 0 aliphatic heterocycles. The van der Waals surface area contributed by atoms with E-state index in [1.165, 1.54) is 0 Å². The Bertz CT molecular complexity index is 758. The molecule has 0 atom stereocenters. The lowest BCUT2D eigenvalue weighted by molar-refractivity contribution is 0.103. The topological polar surface area (TPSA) is 34.9 Å². The summed E-state index contributed by atoms with van der Waals surface area (Å²) in [4.78, 5) is 16.5. The zero-order valence-electron chi connectivity index (χ0n) is 11.4. The molecular weight excluding hydrogens is 260 g/mol. The van der Waals surface area contributed by atoms with Gasteiger partial charge in [0.15, 0.2) is 5.82 Å². The van der Waals surface area contributed by atoms with Crippen molar-refractivity contribution in [3.63, 3.8) is 0 Å². The van der Waals surface area contributed by atoms with E-state index in [1.54, 1.807) is 29.1 Å². The summed E-state index contributed by atoms with van der Waals surface area (Å²) in [6, 6.07) is 19.4. The van der Waals surface area contributed by atoms with Crippen molar-refractivity contribution in [2.24, 2.45) is 0 Å². The summed E-state index contributed by atoms with van der Waals surface area (Å²) in [5, 5.41) is 0. The van der Waals surface area contributed by atoms with E-state index in [1.807, 2.05) is 60.7 Å². The van der Waals surface area contributed by atoms with Crippen molar-refractivity contribution >= 4 is 11.9 Å². The summed E-state index contributed by atoms with van der Waals surface area (Å²) in [7, 11) is 0. The second kappa shape index (κ2) is 6.01. The Balaban J connectivity index is 1.87. The summed E-state index contributed by atoms with van der Waals surface area (Å²) in [6.07, 6.45) is 6.78. The number of carbonyl (C=O) groups excluding carboxylic acids is 1. The molecule has 0 unspecified atom stereocenters. The molecule has 102 valence electrons. The van der Waals surface area contributed by atoms with E-state index in [2.05, 4.69) is 4.98 Å². The molecule has 0 aliphatic carbocycles. The maximum atomic E-state index is 12.3. The molecule has 0 spiro atoms. The lowest BCUT2D eigenvalue weighted by Gasteiger charge is -2.04. The van der Waals surface area contributed by atoms with Crippen molar-refractivity contribution in [3.05, 3.63) is 90.5 Å². The number of ketones is 1. The van der Waals surface area contributed by atoms with Gasteiger partial charge in [0.05, 0.1) is 0 Å². The van der Waals surface area contributed by atoms with Gasteiger partial charge in [-0.15, -0.1) is 0 Å². The van der Waals surface area contributed by atoms with Gasteiger partial charge in [-0.25, -0.2) is 4.98 Å². The van der Waals surface area contributed by atoms with Crippen molar-refractivity contribution in [2.45, 2.75) is 0 Å². The SMILES string of the molecule is O=C(/C=C/c1ccccc1)c1nccn1-c1ccccc1. The van der Waals surface area contributed by atoms with E-state index >= 15 is 0 Å². The van der Waals surface area contributed by atoms with Crippen molar-refractivity contribution in [3.8, 4) is 5.69 Å². The van der Waals surface area contributed by atoms with E-state index in [0.29, 0.717) is 5.82 Å². The van der Waals surface area contributed by atoms with Gasteiger partial charge in [-0.3, -0.25) is 9.36 Å². The minimum absolute atomic E-state index is 0.118. The molecule has 0 saturated heterocycles. The van der Waals surface area contributed by atoms with Gasteiger partial charge < -0.3 is 0 Å². The third-order valence-electron chi connectivity index (χ3n) is 3.12. The number of hydrogen-bond acceptors (Lipinski definition) is 2. The number of rotatable bonds is 4. The van der Waals surface area contributed by atoms with Crippen LogP contribution < -0.4 is 0 Å². The lowest BCUT2D eigenvalue weighted by Crippen LogP contribution is -2.06. The van der Waals surface area contributed by atoms with Gasteiger partial charge >= 0.3 is 0 Å². The lowest BCUT2D eigenvalue weighted by atomic mass is 10.2. The molecule has 1 heterocycles. The molecule has 3 rings (SSSR count). The van der Waals surface area contributed by atoms with Gasteiger partial charge in [-0.2, -0.15) is 0 Å². The summed E-state index contributed by atoms with van der Waals surface area (Å²) in [6.45, 7) is 0. The van der Waals surface area contributed by atoms with E-state index in [-0.39, 0.29) is 5.78 Å². The molecule has 2 aromatic carbocycles. The summed E-state index contributed by atoms with van der Waals surface area (Å²) >= 11 is 0. The molecule has 0 saturated carbocycles. The van der Waals surface area contributed by atoms with E-state index in [9.17, 15) is 4.79 Å². The third kappa shape index (κ3) is 2.98. The summed E-state index contributed by atoms with van der Waals surface area (Å²) in [5.74, 6) is 0.293. The van der Waals surface area contributed by atoms with Gasteiger partial charge in [-0.05, 0) is 23.8 Å². The molecule has 3 heteroatoms. The first-order valence-corrected chi connectivity index (χ1v) is 6.71. The van der Waals surface area contributed by atoms with Crippen LogP contribution in [-0.4, -0.2) is 15.3 Å². The van der Waals surface area contributed by atoms with E-state index in [4.69, 9.17) is 0 Å². The van der Waals surface area contributed by atoms with Gasteiger partial charge in [0.25, 0.3) is 0 Å². The van der Waals surface area contributed by atoms with Crippen molar-refractivity contribution in [1.82, 2.24) is 9.55 Å². The average Bonchev–Trinajstić information content (AvgIpc) is 3.04. The minimum atomic E-state index is -0.118. The van der Waals surface area contributed by atoms with Crippen molar-refractivity contribution in [2.75, 3.05) is 0 Å². The molecule has 0 bridgehead atoms. The second-order valence-corrected chi connectivity index (χ2v) is 4.56. The van der Waals surface area contributed by atoms with Crippen LogP contribution in [0.2, 0.25) is 0 Å². The van der Waals surface area contributed by atoms with Crippen LogP contribution in [-0.2, 0) is 0 Å². The molecule has 1 aromatic heterocycles. The Morgan fingerprint density at radius 2 is 1.62 bits per heavy atom. The highest BCUT2D eigenvalue weighted by Gasteiger charge is 2.10. The largest absolute Gasteiger partial charge is 0.297 e. The Hall–Kier alpha value is -2.94. The number of aromatic nitrogens is 2. The number of hydrogen-bond donors (Lipinski definition) is 0. The minimum Gasteiger partial charge on any atom is -0.297 e. The van der Waals surface area contributed by atoms with Gasteiger partial charge in [0, 0.05) is 18.1 Å². The second-order valence-electron chi connectivity index (χ2n) is 4.56. The highest BCUT2D eigenvalue weighted by atomic mass is 16.1. The zero-order chi connectivity index (χ0) is 14.5. The van der Waals surface area contributed by atoms with Crippen LogP contribution in [0.15, 0.2) is 79.1 Å². The van der Waals surface area contributed by atoms with Crippen LogP contribution in [0.25, 0.3) is 11.8 Å². The van der Waals surface area contributed by atoms with Gasteiger partial charge in [-0.1, -0.05) is 54.6 Å². The van der Waals surface area contributed by atoms with Crippen LogP contribution >= 0.6 is 0 Å². The maximum absolute atomic E-state index is 12.3. The monoisotopic (exact) mass is 274 g/mol. The number of para-hydroxylation sites is 1. The summed E-state index contributed by atoms with van der Waals surface area (Å²) in [5.41, 5.74) is 1.91. The molecule has 0 radical (unpaired) electrons. The predicted octanol–water partition coefficient (Wildman–Crippen LogP) is 3.77. The van der Waals surface area contributed by atoms with Crippen LogP contribution in [0, 0.1) is 0 Å². The number of benzene rings is 2. The van der Waals surface area contributed by atoms with Crippen molar-refractivity contribution in [1.29, 1.82) is 0 Å². The zero-order valence-corrected chi connectivity index (χ0v) is 11.4. The maximum Gasteiger partial charge on any atom is 0.221 e. The highest BCUT2D eigenvalue weighted by Crippen LogP contribution is 2.11. The fourth-order valence-corrected chi connectivity index (χ4v) is 2.09. The molecule has 3 aromatic rings. The first kappa shape index (κ1) is 13.1. The normalized spacial score (nSPS) is 10.9. The number of nitrogens with zero attached hydrogens (tertiary/aromatic N) is 2. The van der Waals surface area contributed by atoms with E-state index < -0.39 is 0 Å². The number of carbonyl (C=O) groups is 1. The van der Waals surface area contributed by atoms with Crippen LogP contribution in [0.5, 0.6) is 0 Å². The van der Waals surface area contributed by atoms with Gasteiger partial charge in [0.2, 0.25) is 5.78 Å². The number of allylic oxidation sites excluding steroid dienone is 1. The molecule has 0 N–H and O–H groups in total. The van der Waals surface area contributed by atoms with Crippen LogP contribution in [0.3, 0.4) is 0 Å². The Morgan fingerprint density at radius 1 is 0.952 bits per heavy atom. The first-order chi connectivity index (χ1) is 10.3. The molecular formula is C18H14N2O. The smallest absolute Gasteiger partial charge is 0.221 e. The van der Waals surface area contributed by atoms with Crippen LogP contribution in [0.4, 0.5) is 0 Å². The molecule has 0 aliphatic rings. The molecule has 0 amide bonds. The van der Waals surface area contributed by atoms with E-state index in [0.717, 1.165) is 11.3 Å². The average molecular weight is 274 g/mol. The molecule has 3 nitrogen and oxygen atoms in total. The highest BCUT2D eigenvalue weighted by molar-refractivity contribution is 6.04.